The van der Waals surface area contributed by atoms with Crippen molar-refractivity contribution in [2.75, 3.05) is 13.7 Å². The Balaban J connectivity index is 2.05. The first-order valence-corrected chi connectivity index (χ1v) is 10.7. The summed E-state index contributed by atoms with van der Waals surface area (Å²) < 4.78 is 12.4. The normalized spacial score (nSPS) is 16.8. The quantitative estimate of drug-likeness (QED) is 0.507. The van der Waals surface area contributed by atoms with Crippen LogP contribution in [0.25, 0.3) is 10.9 Å². The summed E-state index contributed by atoms with van der Waals surface area (Å²) in [6.07, 6.45) is 0.253. The molecular weight excluding hydrogens is 408 g/mol. The second-order valence-electron chi connectivity index (χ2n) is 8.74. The highest BCUT2D eigenvalue weighted by Gasteiger charge is 2.38. The van der Waals surface area contributed by atoms with Gasteiger partial charge in [-0.15, -0.1) is 0 Å². The maximum atomic E-state index is 13.5. The molecule has 0 saturated carbocycles. The molecule has 0 fully saturated rings. The Morgan fingerprint density at radius 2 is 1.69 bits per heavy atom. The number of aromatic nitrogens is 1. The molecular formula is C25H28N2O5. The molecule has 168 valence electrons. The van der Waals surface area contributed by atoms with Gasteiger partial charge in [0.05, 0.1) is 24.9 Å². The minimum atomic E-state index is -0.695. The minimum Gasteiger partial charge on any atom is -0.451 e. The molecule has 7 heteroatoms. The Bertz CT molecular complexity index is 1130. The van der Waals surface area contributed by atoms with Gasteiger partial charge in [0.2, 0.25) is 0 Å². The number of hydrogen-bond acceptors (Lipinski definition) is 5. The lowest BCUT2D eigenvalue weighted by molar-refractivity contribution is -0.156. The first-order valence-electron chi connectivity index (χ1n) is 10.7. The van der Waals surface area contributed by atoms with E-state index in [9.17, 15) is 9.59 Å². The van der Waals surface area contributed by atoms with Gasteiger partial charge in [0.15, 0.2) is 0 Å². The molecule has 0 aliphatic carbocycles. The van der Waals surface area contributed by atoms with E-state index in [1.807, 2.05) is 75.4 Å². The number of rotatable bonds is 1. The Morgan fingerprint density at radius 1 is 1.00 bits per heavy atom. The monoisotopic (exact) mass is 436 g/mol. The fourth-order valence-corrected chi connectivity index (χ4v) is 4.15. The smallest absolute Gasteiger partial charge is 0.434 e. The van der Waals surface area contributed by atoms with E-state index in [4.69, 9.17) is 14.3 Å². The zero-order valence-corrected chi connectivity index (χ0v) is 18.8. The molecule has 0 bridgehead atoms. The van der Waals surface area contributed by atoms with Crippen molar-refractivity contribution in [3.8, 4) is 0 Å². The van der Waals surface area contributed by atoms with Crippen molar-refractivity contribution in [3.63, 3.8) is 0 Å². The molecule has 1 atom stereocenters. The maximum Gasteiger partial charge on any atom is 0.434 e. The van der Waals surface area contributed by atoms with Crippen molar-refractivity contribution in [2.45, 2.75) is 45.3 Å². The van der Waals surface area contributed by atoms with Gasteiger partial charge in [0.25, 0.3) is 0 Å². The molecule has 1 amide bonds. The van der Waals surface area contributed by atoms with Gasteiger partial charge >= 0.3 is 12.2 Å². The zero-order valence-electron chi connectivity index (χ0n) is 18.8. The van der Waals surface area contributed by atoms with Crippen molar-refractivity contribution < 1.29 is 23.9 Å². The molecule has 1 unspecified atom stereocenters. The van der Waals surface area contributed by atoms with Crippen LogP contribution in [0.4, 0.5) is 9.59 Å². The van der Waals surface area contributed by atoms with Gasteiger partial charge in [0.1, 0.15) is 11.6 Å². The number of carbonyl (C=O) groups excluding carboxylic acids is 2. The summed E-state index contributed by atoms with van der Waals surface area (Å²) in [6, 6.07) is 16.6. The lowest BCUT2D eigenvalue weighted by Gasteiger charge is -2.33. The fourth-order valence-electron chi connectivity index (χ4n) is 4.15. The summed E-state index contributed by atoms with van der Waals surface area (Å²) in [5, 5.41) is 2.19. The molecule has 7 nitrogen and oxygen atoms in total. The standard InChI is InChI=1S/C25H28N2O5/c1-25(2,3)32-23(28)26-20-15-9-8-13-18(20)19-14-10-16-31-27(24(29)30-4)21(22(19)26)17-11-6-5-7-12-17/h5-9,11-13,15,21H,10,14,16H2,1-4H3. The zero-order chi connectivity index (χ0) is 22.9. The summed E-state index contributed by atoms with van der Waals surface area (Å²) in [6.45, 7) is 5.85. The Morgan fingerprint density at radius 3 is 2.38 bits per heavy atom. The van der Waals surface area contributed by atoms with Crippen LogP contribution in [-0.2, 0) is 20.7 Å². The molecule has 1 aliphatic heterocycles. The number of para-hydroxylation sites is 1. The number of amides is 1. The molecule has 0 N–H and O–H groups in total. The van der Waals surface area contributed by atoms with Crippen LogP contribution in [0.2, 0.25) is 0 Å². The topological polar surface area (TPSA) is 70.0 Å². The van der Waals surface area contributed by atoms with Crippen molar-refractivity contribution in [1.29, 1.82) is 0 Å². The van der Waals surface area contributed by atoms with Gasteiger partial charge in [-0.1, -0.05) is 48.5 Å². The van der Waals surface area contributed by atoms with E-state index in [2.05, 4.69) is 0 Å². The van der Waals surface area contributed by atoms with E-state index < -0.39 is 23.8 Å². The predicted octanol–water partition coefficient (Wildman–Crippen LogP) is 5.46. The van der Waals surface area contributed by atoms with Crippen LogP contribution in [0.5, 0.6) is 0 Å². The number of hydrogen-bond donors (Lipinski definition) is 0. The highest BCUT2D eigenvalue weighted by Crippen LogP contribution is 2.39. The van der Waals surface area contributed by atoms with Crippen LogP contribution in [-0.4, -0.2) is 41.1 Å². The lowest BCUT2D eigenvalue weighted by atomic mass is 9.96. The minimum absolute atomic E-state index is 0.351. The number of hydroxylamine groups is 2. The van der Waals surface area contributed by atoms with Crippen LogP contribution in [0.3, 0.4) is 0 Å². The van der Waals surface area contributed by atoms with E-state index in [0.29, 0.717) is 25.1 Å². The predicted molar refractivity (Wildman–Crippen MR) is 120 cm³/mol. The van der Waals surface area contributed by atoms with Crippen LogP contribution in [0, 0.1) is 0 Å². The number of nitrogens with zero attached hydrogens (tertiary/aromatic N) is 2. The first kappa shape index (κ1) is 21.9. The van der Waals surface area contributed by atoms with Crippen LogP contribution >= 0.6 is 0 Å². The number of ether oxygens (including phenoxy) is 2. The molecule has 0 saturated heterocycles. The van der Waals surface area contributed by atoms with Gasteiger partial charge < -0.3 is 9.47 Å². The number of methoxy groups -OCH3 is 1. The highest BCUT2D eigenvalue weighted by molar-refractivity contribution is 5.94. The number of fused-ring (bicyclic) bond motifs is 3. The molecule has 0 radical (unpaired) electrons. The summed E-state index contributed by atoms with van der Waals surface area (Å²) in [7, 11) is 1.32. The highest BCUT2D eigenvalue weighted by atomic mass is 16.7. The van der Waals surface area contributed by atoms with E-state index in [1.165, 1.54) is 12.2 Å². The third-order valence-corrected chi connectivity index (χ3v) is 5.36. The summed E-state index contributed by atoms with van der Waals surface area (Å²) in [5.41, 5.74) is 2.50. The number of aryl methyl sites for hydroxylation is 1. The van der Waals surface area contributed by atoms with Crippen molar-refractivity contribution >= 4 is 23.1 Å². The molecule has 1 aliphatic rings. The Labute approximate surface area is 187 Å². The van der Waals surface area contributed by atoms with E-state index >= 15 is 0 Å². The maximum absolute atomic E-state index is 13.5. The van der Waals surface area contributed by atoms with E-state index in [0.717, 1.165) is 22.0 Å². The molecule has 2 aromatic carbocycles. The largest absolute Gasteiger partial charge is 0.451 e. The number of benzene rings is 2. The van der Waals surface area contributed by atoms with Gasteiger partial charge in [-0.3, -0.25) is 4.84 Å². The molecule has 3 aromatic rings. The number of carbonyl (C=O) groups is 2. The second-order valence-corrected chi connectivity index (χ2v) is 8.74. The third kappa shape index (κ3) is 4.08. The summed E-state index contributed by atoms with van der Waals surface area (Å²) in [5.74, 6) is 0. The third-order valence-electron chi connectivity index (χ3n) is 5.36. The van der Waals surface area contributed by atoms with E-state index in [1.54, 1.807) is 4.57 Å². The van der Waals surface area contributed by atoms with Crippen LogP contribution in [0.15, 0.2) is 54.6 Å². The Kier molecular flexibility index (Phi) is 5.93. The van der Waals surface area contributed by atoms with Crippen LogP contribution < -0.4 is 0 Å². The average Bonchev–Trinajstić information content (AvgIpc) is 3.06. The molecule has 0 spiro atoms. The van der Waals surface area contributed by atoms with Crippen molar-refractivity contribution in [2.24, 2.45) is 0 Å². The SMILES string of the molecule is COC(=O)N1OCCCc2c(n(C(=O)OC(C)(C)C)c3ccccc23)C1c1ccccc1. The van der Waals surface area contributed by atoms with Crippen LogP contribution in [0.1, 0.15) is 50.1 Å². The summed E-state index contributed by atoms with van der Waals surface area (Å²) in [4.78, 5) is 32.2. The second kappa shape index (κ2) is 8.67. The van der Waals surface area contributed by atoms with Gasteiger partial charge in [-0.05, 0) is 50.8 Å². The van der Waals surface area contributed by atoms with Gasteiger partial charge in [-0.2, -0.15) is 5.06 Å². The molecule has 1 aromatic heterocycles. The van der Waals surface area contributed by atoms with E-state index in [-0.39, 0.29) is 0 Å². The Hall–Kier alpha value is -3.32. The molecule has 2 heterocycles. The van der Waals surface area contributed by atoms with Crippen molar-refractivity contribution in [1.82, 2.24) is 9.63 Å². The fraction of sp³-hybridized carbons (Fsp3) is 0.360. The van der Waals surface area contributed by atoms with Gasteiger partial charge in [-0.25, -0.2) is 14.2 Å². The molecule has 32 heavy (non-hydrogen) atoms. The summed E-state index contributed by atoms with van der Waals surface area (Å²) >= 11 is 0. The van der Waals surface area contributed by atoms with Gasteiger partial charge in [0, 0.05) is 5.39 Å². The van der Waals surface area contributed by atoms with Crippen molar-refractivity contribution in [3.05, 3.63) is 71.4 Å². The average molecular weight is 437 g/mol. The molecule has 4 rings (SSSR count). The lowest BCUT2D eigenvalue weighted by Crippen LogP contribution is -2.39. The first-order chi connectivity index (χ1) is 15.3.